The van der Waals surface area contributed by atoms with Gasteiger partial charge in [-0.2, -0.15) is 5.10 Å². The van der Waals surface area contributed by atoms with Crippen LogP contribution in [-0.4, -0.2) is 44.8 Å². The van der Waals surface area contributed by atoms with E-state index >= 15 is 0 Å². The summed E-state index contributed by atoms with van der Waals surface area (Å²) in [7, 11) is 0. The number of urea groups is 1. The predicted octanol–water partition coefficient (Wildman–Crippen LogP) is 1.76. The van der Waals surface area contributed by atoms with Gasteiger partial charge in [0.1, 0.15) is 0 Å². The van der Waals surface area contributed by atoms with Gasteiger partial charge in [-0.15, -0.1) is 0 Å². The number of carboxylic acid groups (broad SMARTS) is 1. The van der Waals surface area contributed by atoms with Crippen molar-refractivity contribution in [2.75, 3.05) is 6.54 Å². The number of amides is 2. The van der Waals surface area contributed by atoms with E-state index in [9.17, 15) is 9.59 Å². The van der Waals surface area contributed by atoms with Crippen LogP contribution in [0.1, 0.15) is 45.2 Å². The van der Waals surface area contributed by atoms with Crippen LogP contribution in [-0.2, 0) is 4.79 Å². The standard InChI is InChI=1S/C13H22N4O3/c1-9(2)17(6-4-5-12(18)19)13(20)16-10(3)11-7-14-15-8-11/h7-10H,4-6H2,1-3H3,(H,14,15)(H,16,20)(H,18,19). The summed E-state index contributed by atoms with van der Waals surface area (Å²) in [6.07, 6.45) is 3.90. The monoisotopic (exact) mass is 282 g/mol. The predicted molar refractivity (Wildman–Crippen MR) is 74.2 cm³/mol. The van der Waals surface area contributed by atoms with Crippen LogP contribution < -0.4 is 5.32 Å². The third-order valence-electron chi connectivity index (χ3n) is 3.03. The van der Waals surface area contributed by atoms with Crippen molar-refractivity contribution >= 4 is 12.0 Å². The number of H-pyrrole nitrogens is 1. The highest BCUT2D eigenvalue weighted by Gasteiger charge is 2.19. The van der Waals surface area contributed by atoms with Crippen molar-refractivity contribution in [3.63, 3.8) is 0 Å². The average molecular weight is 282 g/mol. The minimum absolute atomic E-state index is 0.0142. The maximum atomic E-state index is 12.2. The van der Waals surface area contributed by atoms with Gasteiger partial charge in [0, 0.05) is 30.8 Å². The van der Waals surface area contributed by atoms with E-state index < -0.39 is 5.97 Å². The smallest absolute Gasteiger partial charge is 0.318 e. The zero-order valence-corrected chi connectivity index (χ0v) is 12.1. The van der Waals surface area contributed by atoms with Crippen molar-refractivity contribution in [1.82, 2.24) is 20.4 Å². The van der Waals surface area contributed by atoms with Gasteiger partial charge in [-0.3, -0.25) is 9.89 Å². The van der Waals surface area contributed by atoms with E-state index in [4.69, 9.17) is 5.11 Å². The number of aromatic amines is 1. The first-order valence-electron chi connectivity index (χ1n) is 6.69. The lowest BCUT2D eigenvalue weighted by atomic mass is 10.2. The summed E-state index contributed by atoms with van der Waals surface area (Å²) in [6.45, 7) is 6.11. The number of rotatable bonds is 7. The molecule has 1 aromatic rings. The largest absolute Gasteiger partial charge is 0.481 e. The number of hydrogen-bond acceptors (Lipinski definition) is 3. The molecule has 0 fully saturated rings. The van der Waals surface area contributed by atoms with Crippen molar-refractivity contribution in [3.8, 4) is 0 Å². The highest BCUT2D eigenvalue weighted by atomic mass is 16.4. The van der Waals surface area contributed by atoms with Crippen molar-refractivity contribution in [2.45, 2.75) is 45.7 Å². The number of hydrogen-bond donors (Lipinski definition) is 3. The molecule has 1 rings (SSSR count). The van der Waals surface area contributed by atoms with E-state index in [0.717, 1.165) is 5.56 Å². The lowest BCUT2D eigenvalue weighted by Gasteiger charge is -2.28. The van der Waals surface area contributed by atoms with Crippen LogP contribution in [0.25, 0.3) is 0 Å². The molecule has 1 atom stereocenters. The molecule has 7 heteroatoms. The second-order valence-corrected chi connectivity index (χ2v) is 4.99. The van der Waals surface area contributed by atoms with Crippen LogP contribution in [0.15, 0.2) is 12.4 Å². The number of carboxylic acids is 1. The molecule has 0 saturated heterocycles. The minimum Gasteiger partial charge on any atom is -0.481 e. The van der Waals surface area contributed by atoms with Gasteiger partial charge in [0.25, 0.3) is 0 Å². The zero-order valence-electron chi connectivity index (χ0n) is 12.1. The molecule has 1 unspecified atom stereocenters. The van der Waals surface area contributed by atoms with Crippen molar-refractivity contribution in [2.24, 2.45) is 0 Å². The summed E-state index contributed by atoms with van der Waals surface area (Å²) < 4.78 is 0. The Morgan fingerprint density at radius 1 is 1.45 bits per heavy atom. The van der Waals surface area contributed by atoms with E-state index in [1.807, 2.05) is 20.8 Å². The quantitative estimate of drug-likeness (QED) is 0.709. The fraction of sp³-hybridized carbons (Fsp3) is 0.615. The van der Waals surface area contributed by atoms with Crippen molar-refractivity contribution in [1.29, 1.82) is 0 Å². The number of aliphatic carboxylic acids is 1. The van der Waals surface area contributed by atoms with Gasteiger partial charge in [-0.1, -0.05) is 0 Å². The van der Waals surface area contributed by atoms with E-state index in [2.05, 4.69) is 15.5 Å². The van der Waals surface area contributed by atoms with Gasteiger partial charge >= 0.3 is 12.0 Å². The molecule has 0 radical (unpaired) electrons. The number of nitrogens with zero attached hydrogens (tertiary/aromatic N) is 2. The molecule has 112 valence electrons. The van der Waals surface area contributed by atoms with Gasteiger partial charge < -0.3 is 15.3 Å². The molecule has 1 aromatic heterocycles. The molecule has 0 aliphatic rings. The molecular weight excluding hydrogens is 260 g/mol. The first kappa shape index (κ1) is 16.0. The molecule has 0 bridgehead atoms. The summed E-state index contributed by atoms with van der Waals surface area (Å²) in [4.78, 5) is 24.4. The second-order valence-electron chi connectivity index (χ2n) is 4.99. The highest BCUT2D eigenvalue weighted by Crippen LogP contribution is 2.11. The summed E-state index contributed by atoms with van der Waals surface area (Å²) in [5, 5.41) is 18.1. The van der Waals surface area contributed by atoms with E-state index in [0.29, 0.717) is 13.0 Å². The van der Waals surface area contributed by atoms with E-state index in [1.54, 1.807) is 17.3 Å². The summed E-state index contributed by atoms with van der Waals surface area (Å²) in [5.74, 6) is -0.846. The average Bonchev–Trinajstić information content (AvgIpc) is 2.87. The Bertz CT molecular complexity index is 431. The minimum atomic E-state index is -0.846. The van der Waals surface area contributed by atoms with Crippen LogP contribution in [0.5, 0.6) is 0 Å². The molecule has 0 spiro atoms. The summed E-state index contributed by atoms with van der Waals surface area (Å²) in [6, 6.07) is -0.332. The fourth-order valence-electron chi connectivity index (χ4n) is 1.84. The van der Waals surface area contributed by atoms with E-state index in [1.165, 1.54) is 0 Å². The normalized spacial score (nSPS) is 12.2. The zero-order chi connectivity index (χ0) is 15.1. The molecule has 1 heterocycles. The Hall–Kier alpha value is -2.05. The molecule has 0 aliphatic heterocycles. The molecule has 0 saturated carbocycles. The summed E-state index contributed by atoms with van der Waals surface area (Å²) in [5.41, 5.74) is 0.896. The maximum Gasteiger partial charge on any atom is 0.318 e. The first-order chi connectivity index (χ1) is 9.41. The lowest BCUT2D eigenvalue weighted by Crippen LogP contribution is -2.45. The molecule has 7 nitrogen and oxygen atoms in total. The molecule has 2 amide bonds. The fourth-order valence-corrected chi connectivity index (χ4v) is 1.84. The lowest BCUT2D eigenvalue weighted by molar-refractivity contribution is -0.137. The third kappa shape index (κ3) is 4.91. The van der Waals surface area contributed by atoms with Crippen LogP contribution in [0.2, 0.25) is 0 Å². The number of carbonyl (C=O) groups excluding carboxylic acids is 1. The molecule has 0 aromatic carbocycles. The van der Waals surface area contributed by atoms with Crippen LogP contribution in [0.4, 0.5) is 4.79 Å². The molecule has 3 N–H and O–H groups in total. The number of carbonyl (C=O) groups is 2. The van der Waals surface area contributed by atoms with Crippen LogP contribution in [0.3, 0.4) is 0 Å². The van der Waals surface area contributed by atoms with Gasteiger partial charge in [0.05, 0.1) is 12.2 Å². The SMILES string of the molecule is CC(NC(=O)N(CCCC(=O)O)C(C)C)c1cn[nH]c1. The highest BCUT2D eigenvalue weighted by molar-refractivity contribution is 5.75. The Kier molecular flexibility index (Phi) is 6.02. The van der Waals surface area contributed by atoms with Gasteiger partial charge in [-0.05, 0) is 27.2 Å². The van der Waals surface area contributed by atoms with E-state index in [-0.39, 0.29) is 24.5 Å². The van der Waals surface area contributed by atoms with Crippen LogP contribution in [0, 0.1) is 0 Å². The molecule has 20 heavy (non-hydrogen) atoms. The van der Waals surface area contributed by atoms with Gasteiger partial charge in [0.15, 0.2) is 0 Å². The topological polar surface area (TPSA) is 98.3 Å². The Morgan fingerprint density at radius 2 is 2.15 bits per heavy atom. The van der Waals surface area contributed by atoms with Crippen molar-refractivity contribution < 1.29 is 14.7 Å². The van der Waals surface area contributed by atoms with Gasteiger partial charge in [0.2, 0.25) is 0 Å². The Morgan fingerprint density at radius 3 is 2.65 bits per heavy atom. The molecular formula is C13H22N4O3. The van der Waals surface area contributed by atoms with Crippen molar-refractivity contribution in [3.05, 3.63) is 18.0 Å². The van der Waals surface area contributed by atoms with Gasteiger partial charge in [-0.25, -0.2) is 4.79 Å². The Labute approximate surface area is 118 Å². The molecule has 0 aliphatic carbocycles. The number of aromatic nitrogens is 2. The Balaban J connectivity index is 2.53. The maximum absolute atomic E-state index is 12.2. The second kappa shape index (κ2) is 7.52. The van der Waals surface area contributed by atoms with Crippen LogP contribution >= 0.6 is 0 Å². The first-order valence-corrected chi connectivity index (χ1v) is 6.69. The third-order valence-corrected chi connectivity index (χ3v) is 3.03. The summed E-state index contributed by atoms with van der Waals surface area (Å²) >= 11 is 0. The number of nitrogens with one attached hydrogen (secondary N) is 2.